The third-order valence-corrected chi connectivity index (χ3v) is 5.27. The summed E-state index contributed by atoms with van der Waals surface area (Å²) in [4.78, 5) is 19.6. The van der Waals surface area contributed by atoms with Crippen LogP contribution in [0.1, 0.15) is 12.8 Å². The number of rotatable bonds is 2. The van der Waals surface area contributed by atoms with Crippen molar-refractivity contribution < 1.29 is 4.74 Å². The van der Waals surface area contributed by atoms with Crippen LogP contribution < -0.4 is 5.32 Å². The van der Waals surface area contributed by atoms with E-state index >= 15 is 0 Å². The fraction of sp³-hybridized carbons (Fsp3) is 0.500. The van der Waals surface area contributed by atoms with E-state index in [0.29, 0.717) is 17.8 Å². The molecule has 0 aromatic carbocycles. The second-order valence-electron chi connectivity index (χ2n) is 6.70. The van der Waals surface area contributed by atoms with Gasteiger partial charge in [-0.2, -0.15) is 0 Å². The lowest BCUT2D eigenvalue weighted by atomic mass is 9.75. The van der Waals surface area contributed by atoms with Crippen molar-refractivity contribution in [1.29, 1.82) is 0 Å². The minimum atomic E-state index is -0.140. The first kappa shape index (κ1) is 13.9. The van der Waals surface area contributed by atoms with Crippen molar-refractivity contribution in [3.63, 3.8) is 0 Å². The Morgan fingerprint density at radius 2 is 2.17 bits per heavy atom. The molecule has 8 heteroatoms. The van der Waals surface area contributed by atoms with Crippen LogP contribution in [0.25, 0.3) is 5.82 Å². The molecule has 3 fully saturated rings. The molecular formula is C16H19N7O. The lowest BCUT2D eigenvalue weighted by molar-refractivity contribution is -0.0829. The molecule has 2 bridgehead atoms. The van der Waals surface area contributed by atoms with E-state index in [1.54, 1.807) is 12.5 Å². The molecule has 4 aliphatic heterocycles. The Kier molecular flexibility index (Phi) is 3.05. The highest BCUT2D eigenvalue weighted by Crippen LogP contribution is 2.40. The molecule has 2 aromatic heterocycles. The molecule has 2 aromatic rings. The van der Waals surface area contributed by atoms with Crippen molar-refractivity contribution in [3.8, 4) is 5.82 Å². The van der Waals surface area contributed by atoms with Gasteiger partial charge in [-0.15, -0.1) is 0 Å². The first-order valence-electron chi connectivity index (χ1n) is 8.34. The normalized spacial score (nSPS) is 31.1. The van der Waals surface area contributed by atoms with Crippen molar-refractivity contribution in [2.45, 2.75) is 18.4 Å². The number of anilines is 1. The van der Waals surface area contributed by atoms with E-state index in [9.17, 15) is 0 Å². The minimum absolute atomic E-state index is 0.140. The number of nitrogens with zero attached hydrogens (tertiary/aromatic N) is 6. The Labute approximate surface area is 139 Å². The summed E-state index contributed by atoms with van der Waals surface area (Å²) in [7, 11) is 0. The molecule has 8 nitrogen and oxygen atoms in total. The molecule has 1 spiro atoms. The summed E-state index contributed by atoms with van der Waals surface area (Å²) in [6.07, 6.45) is 9.21. The van der Waals surface area contributed by atoms with E-state index in [4.69, 9.17) is 4.74 Å². The highest BCUT2D eigenvalue weighted by Gasteiger charge is 2.51. The number of aliphatic imine (C=N–C) groups is 1. The van der Waals surface area contributed by atoms with Gasteiger partial charge in [0.15, 0.2) is 0 Å². The van der Waals surface area contributed by atoms with Crippen LogP contribution in [0.2, 0.25) is 0 Å². The molecule has 4 aliphatic rings. The second kappa shape index (κ2) is 5.27. The number of aromatic nitrogens is 4. The Bertz CT molecular complexity index is 766. The molecule has 0 amide bonds. The number of fused-ring (bicyclic) bond motifs is 2. The molecule has 1 atom stereocenters. The summed E-state index contributed by atoms with van der Waals surface area (Å²) < 4.78 is 8.11. The molecule has 0 unspecified atom stereocenters. The van der Waals surface area contributed by atoms with Crippen LogP contribution in [0.3, 0.4) is 0 Å². The average Bonchev–Trinajstić information content (AvgIpc) is 3.27. The van der Waals surface area contributed by atoms with Gasteiger partial charge in [-0.25, -0.2) is 19.9 Å². The third kappa shape index (κ3) is 2.25. The number of imidazole rings is 1. The van der Waals surface area contributed by atoms with E-state index < -0.39 is 0 Å². The van der Waals surface area contributed by atoms with Gasteiger partial charge in [0, 0.05) is 30.9 Å². The van der Waals surface area contributed by atoms with Crippen LogP contribution in [0.15, 0.2) is 36.1 Å². The van der Waals surface area contributed by atoms with Crippen molar-refractivity contribution in [1.82, 2.24) is 24.4 Å². The molecule has 0 aliphatic carbocycles. The lowest BCUT2D eigenvalue weighted by Crippen LogP contribution is -2.61. The molecule has 124 valence electrons. The van der Waals surface area contributed by atoms with E-state index in [0.717, 1.165) is 18.9 Å². The summed E-state index contributed by atoms with van der Waals surface area (Å²) in [6, 6.07) is 2.42. The molecule has 0 radical (unpaired) electrons. The molecule has 6 rings (SSSR count). The summed E-state index contributed by atoms with van der Waals surface area (Å²) in [6.45, 7) is 4.10. The predicted octanol–water partition coefficient (Wildman–Crippen LogP) is 0.925. The van der Waals surface area contributed by atoms with Crippen LogP contribution in [0.5, 0.6) is 0 Å². The molecule has 1 N–H and O–H groups in total. The van der Waals surface area contributed by atoms with E-state index in [2.05, 4.69) is 30.2 Å². The molecule has 6 heterocycles. The smallest absolute Gasteiger partial charge is 0.291 e. The fourth-order valence-corrected chi connectivity index (χ4v) is 4.01. The zero-order valence-electron chi connectivity index (χ0n) is 13.3. The van der Waals surface area contributed by atoms with Gasteiger partial charge in [-0.05, 0) is 25.9 Å². The number of nitrogens with one attached hydrogen (secondary N) is 1. The largest absolute Gasteiger partial charge is 0.455 e. The van der Waals surface area contributed by atoms with Gasteiger partial charge in [-0.3, -0.25) is 14.8 Å². The van der Waals surface area contributed by atoms with Gasteiger partial charge < -0.3 is 4.74 Å². The number of amidine groups is 1. The van der Waals surface area contributed by atoms with Gasteiger partial charge >= 0.3 is 0 Å². The van der Waals surface area contributed by atoms with Crippen LogP contribution in [-0.4, -0.2) is 62.2 Å². The maximum atomic E-state index is 6.28. The summed E-state index contributed by atoms with van der Waals surface area (Å²) >= 11 is 0. The fourth-order valence-electron chi connectivity index (χ4n) is 4.01. The number of hydrogen-bond donors (Lipinski definition) is 1. The Morgan fingerprint density at radius 1 is 1.25 bits per heavy atom. The van der Waals surface area contributed by atoms with Crippen LogP contribution in [-0.2, 0) is 4.74 Å². The molecular weight excluding hydrogens is 306 g/mol. The summed E-state index contributed by atoms with van der Waals surface area (Å²) in [5, 5.41) is 3.20. The zero-order chi connectivity index (χ0) is 16.0. The van der Waals surface area contributed by atoms with Crippen LogP contribution in [0, 0.1) is 5.92 Å². The Hall–Kier alpha value is -2.48. The van der Waals surface area contributed by atoms with Gasteiger partial charge in [-0.1, -0.05) is 0 Å². The topological polar surface area (TPSA) is 80.5 Å². The standard InChI is InChI=1S/C16H19N7O/c1-4-22-5-2-12(1)16(9-22)8-18-15(24-16)21-13-7-14(20-10-19-13)23-6-3-17-11-23/h3,6-7,10-12H,1-2,4-5,8-9H2,(H,18,19,20,21)/t16-/m1/s1. The van der Waals surface area contributed by atoms with E-state index in [1.807, 2.05) is 16.8 Å². The van der Waals surface area contributed by atoms with Gasteiger partial charge in [0.25, 0.3) is 6.02 Å². The average molecular weight is 325 g/mol. The first-order valence-corrected chi connectivity index (χ1v) is 8.34. The first-order chi connectivity index (χ1) is 11.8. The van der Waals surface area contributed by atoms with Gasteiger partial charge in [0.05, 0.1) is 6.54 Å². The highest BCUT2D eigenvalue weighted by atomic mass is 16.5. The maximum Gasteiger partial charge on any atom is 0.291 e. The third-order valence-electron chi connectivity index (χ3n) is 5.27. The van der Waals surface area contributed by atoms with Crippen LogP contribution in [0.4, 0.5) is 5.82 Å². The molecule has 3 saturated heterocycles. The summed E-state index contributed by atoms with van der Waals surface area (Å²) in [5.74, 6) is 2.03. The van der Waals surface area contributed by atoms with Crippen molar-refractivity contribution in [3.05, 3.63) is 31.1 Å². The maximum absolute atomic E-state index is 6.28. The Morgan fingerprint density at radius 3 is 2.92 bits per heavy atom. The number of hydrogen-bond acceptors (Lipinski definition) is 7. The SMILES string of the molecule is c1cn(-c2cc(NC3=NC[C@]4(CN5CCC4CC5)O3)ncn2)cn1. The lowest BCUT2D eigenvalue weighted by Gasteiger charge is -2.50. The quantitative estimate of drug-likeness (QED) is 0.884. The number of ether oxygens (including phenoxy) is 1. The molecule has 24 heavy (non-hydrogen) atoms. The van der Waals surface area contributed by atoms with Crippen molar-refractivity contribution in [2.24, 2.45) is 10.9 Å². The van der Waals surface area contributed by atoms with Crippen molar-refractivity contribution in [2.75, 3.05) is 31.5 Å². The van der Waals surface area contributed by atoms with Gasteiger partial charge in [0.1, 0.15) is 29.9 Å². The van der Waals surface area contributed by atoms with Gasteiger partial charge in [0.2, 0.25) is 0 Å². The second-order valence-corrected chi connectivity index (χ2v) is 6.70. The molecule has 0 saturated carbocycles. The summed E-state index contributed by atoms with van der Waals surface area (Å²) in [5.41, 5.74) is -0.140. The Balaban J connectivity index is 1.32. The predicted molar refractivity (Wildman–Crippen MR) is 88.1 cm³/mol. The van der Waals surface area contributed by atoms with E-state index in [-0.39, 0.29) is 5.60 Å². The van der Waals surface area contributed by atoms with Crippen LogP contribution >= 0.6 is 0 Å². The highest BCUT2D eigenvalue weighted by molar-refractivity contribution is 5.89. The number of piperidine rings is 3. The zero-order valence-corrected chi connectivity index (χ0v) is 13.3. The monoisotopic (exact) mass is 325 g/mol. The van der Waals surface area contributed by atoms with Crippen molar-refractivity contribution >= 4 is 11.8 Å². The van der Waals surface area contributed by atoms with E-state index in [1.165, 1.54) is 32.3 Å². The minimum Gasteiger partial charge on any atom is -0.455 e.